The molecule has 1 aliphatic heterocycles. The Kier molecular flexibility index (Phi) is 8.38. The van der Waals surface area contributed by atoms with Crippen LogP contribution in [0.15, 0.2) is 174 Å². The average Bonchev–Trinajstić information content (AvgIpc) is 3.18. The van der Waals surface area contributed by atoms with Crippen molar-refractivity contribution in [3.05, 3.63) is 192 Å². The zero-order valence-corrected chi connectivity index (χ0v) is 27.0. The number of nitrogens with two attached hydrogens (primary N) is 2. The lowest BCUT2D eigenvalue weighted by molar-refractivity contribution is -0.00830. The molecule has 1 aliphatic rings. The molecule has 1 heterocycles. The number of nitrogens with zero attached hydrogens (tertiary/aromatic N) is 2. The fourth-order valence-electron chi connectivity index (χ4n) is 6.71. The van der Waals surface area contributed by atoms with Crippen LogP contribution in [-0.4, -0.2) is 11.5 Å². The first-order valence-electron chi connectivity index (χ1n) is 16.6. The second-order valence-corrected chi connectivity index (χ2v) is 12.4. The number of hydrogen-bond donors (Lipinski definition) is 2. The third-order valence-corrected chi connectivity index (χ3v) is 9.28. The van der Waals surface area contributed by atoms with Crippen LogP contribution in [0.3, 0.4) is 0 Å². The second kappa shape index (κ2) is 13.4. The van der Waals surface area contributed by atoms with Crippen LogP contribution < -0.4 is 11.5 Å². The lowest BCUT2D eigenvalue weighted by Gasteiger charge is -2.23. The molecular formula is C44H36N4O. The molecule has 0 amide bonds. The quantitative estimate of drug-likeness (QED) is 0.129. The molecule has 7 aromatic rings. The summed E-state index contributed by atoms with van der Waals surface area (Å²) in [6, 6.07) is 56.1. The molecule has 0 aliphatic carbocycles. The molecule has 238 valence electrons. The van der Waals surface area contributed by atoms with Crippen molar-refractivity contribution in [2.24, 2.45) is 21.5 Å². The fourth-order valence-corrected chi connectivity index (χ4v) is 6.71. The van der Waals surface area contributed by atoms with E-state index in [9.17, 15) is 0 Å². The van der Waals surface area contributed by atoms with E-state index in [1.54, 1.807) is 0 Å². The molecule has 0 fully saturated rings. The minimum atomic E-state index is -0.706. The van der Waals surface area contributed by atoms with Crippen molar-refractivity contribution in [3.8, 4) is 11.1 Å². The number of aliphatic imine (C=N–C) groups is 2. The van der Waals surface area contributed by atoms with E-state index in [1.165, 1.54) is 21.5 Å². The zero-order valence-electron chi connectivity index (χ0n) is 27.0. The highest BCUT2D eigenvalue weighted by Crippen LogP contribution is 2.36. The maximum atomic E-state index is 6.64. The summed E-state index contributed by atoms with van der Waals surface area (Å²) in [7, 11) is 0. The van der Waals surface area contributed by atoms with E-state index in [1.807, 2.05) is 60.7 Å². The van der Waals surface area contributed by atoms with Gasteiger partial charge in [0.25, 0.3) is 0 Å². The van der Waals surface area contributed by atoms with Gasteiger partial charge in [-0.15, -0.1) is 0 Å². The maximum Gasteiger partial charge on any atom is 0.155 e. The Morgan fingerprint density at radius 3 is 1.90 bits per heavy atom. The molecule has 5 heteroatoms. The van der Waals surface area contributed by atoms with Crippen molar-refractivity contribution in [2.75, 3.05) is 0 Å². The third-order valence-electron chi connectivity index (χ3n) is 9.28. The third kappa shape index (κ3) is 6.31. The Morgan fingerprint density at radius 1 is 0.531 bits per heavy atom. The van der Waals surface area contributed by atoms with Gasteiger partial charge in [0.1, 0.15) is 12.5 Å². The van der Waals surface area contributed by atoms with Crippen LogP contribution in [0.4, 0.5) is 0 Å². The van der Waals surface area contributed by atoms with Crippen molar-refractivity contribution in [2.45, 2.75) is 24.9 Å². The van der Waals surface area contributed by atoms with Gasteiger partial charge in [0.05, 0.1) is 11.8 Å². The highest BCUT2D eigenvalue weighted by atomic mass is 16.5. The molecule has 0 saturated carbocycles. The molecule has 5 nitrogen and oxygen atoms in total. The molecule has 0 aromatic heterocycles. The van der Waals surface area contributed by atoms with Gasteiger partial charge < -0.3 is 16.2 Å². The van der Waals surface area contributed by atoms with E-state index in [4.69, 9.17) is 26.2 Å². The van der Waals surface area contributed by atoms with E-state index in [0.29, 0.717) is 6.42 Å². The number of rotatable bonds is 8. The molecule has 3 atom stereocenters. The normalized spacial score (nSPS) is 15.8. The van der Waals surface area contributed by atoms with Crippen LogP contribution in [0.25, 0.3) is 32.7 Å². The predicted octanol–water partition coefficient (Wildman–Crippen LogP) is 9.67. The first-order chi connectivity index (χ1) is 24.1. The molecule has 3 unspecified atom stereocenters. The molecule has 0 radical (unpaired) electrons. The Labute approximate surface area is 286 Å². The number of benzene rings is 7. The number of fused-ring (bicyclic) bond motifs is 3. The van der Waals surface area contributed by atoms with Gasteiger partial charge >= 0.3 is 0 Å². The minimum Gasteiger partial charge on any atom is -0.337 e. The average molecular weight is 637 g/mol. The Balaban J connectivity index is 1.02. The SMILES string of the molecule is NC(OC(N)c1cccc(-c2cc3ccccc3c3ccccc23)c1)c1ccc(C2CC(c3ccccc3)=NC(c3ccccc3)=N2)cc1. The van der Waals surface area contributed by atoms with Gasteiger partial charge in [0.2, 0.25) is 0 Å². The topological polar surface area (TPSA) is 86.0 Å². The number of amidine groups is 1. The summed E-state index contributed by atoms with van der Waals surface area (Å²) in [6.07, 6.45) is -0.705. The zero-order chi connectivity index (χ0) is 33.2. The van der Waals surface area contributed by atoms with Crippen molar-refractivity contribution in [1.29, 1.82) is 0 Å². The monoisotopic (exact) mass is 636 g/mol. The first kappa shape index (κ1) is 30.6. The smallest absolute Gasteiger partial charge is 0.155 e. The molecule has 7 aromatic carbocycles. The van der Waals surface area contributed by atoms with Gasteiger partial charge in [-0.2, -0.15) is 0 Å². The summed E-state index contributed by atoms with van der Waals surface area (Å²) in [6.45, 7) is 0. The van der Waals surface area contributed by atoms with Crippen molar-refractivity contribution in [3.63, 3.8) is 0 Å². The van der Waals surface area contributed by atoms with Gasteiger partial charge in [0, 0.05) is 12.0 Å². The maximum absolute atomic E-state index is 6.64. The van der Waals surface area contributed by atoms with Gasteiger partial charge in [-0.3, -0.25) is 4.99 Å². The molecule has 4 N–H and O–H groups in total. The molecule has 8 rings (SSSR count). The molecule has 49 heavy (non-hydrogen) atoms. The van der Waals surface area contributed by atoms with Crippen molar-refractivity contribution < 1.29 is 4.74 Å². The summed E-state index contributed by atoms with van der Waals surface area (Å²) in [4.78, 5) is 10.0. The Morgan fingerprint density at radius 2 is 1.14 bits per heavy atom. The first-order valence-corrected chi connectivity index (χ1v) is 16.6. The standard InChI is InChI=1S/C44H36N4O/c45-42(49-43(46)35-18-11-17-33(26-35)39-27-34-16-7-8-19-36(34)37-20-9-10-21-38(37)39)31-24-22-30(23-25-31)41-28-40(29-12-3-1-4-13-29)47-44(48-41)32-14-5-2-6-15-32/h1-27,41-43H,28,45-46H2. The van der Waals surface area contributed by atoms with Crippen LogP contribution in [-0.2, 0) is 4.74 Å². The van der Waals surface area contributed by atoms with Crippen LogP contribution in [0.1, 0.15) is 52.7 Å². The van der Waals surface area contributed by atoms with Crippen LogP contribution in [0.2, 0.25) is 0 Å². The van der Waals surface area contributed by atoms with Gasteiger partial charge in [-0.1, -0.05) is 152 Å². The van der Waals surface area contributed by atoms with E-state index >= 15 is 0 Å². The fraction of sp³-hybridized carbons (Fsp3) is 0.0909. The molecular weight excluding hydrogens is 601 g/mol. The summed E-state index contributed by atoms with van der Waals surface area (Å²) < 4.78 is 6.22. The van der Waals surface area contributed by atoms with Gasteiger partial charge in [-0.05, 0) is 67.1 Å². The molecule has 0 saturated heterocycles. The number of hydrogen-bond acceptors (Lipinski definition) is 5. The molecule has 0 bridgehead atoms. The van der Waals surface area contributed by atoms with Gasteiger partial charge in [0.15, 0.2) is 5.84 Å². The highest BCUT2D eigenvalue weighted by molar-refractivity contribution is 6.14. The lowest BCUT2D eigenvalue weighted by atomic mass is 9.92. The summed E-state index contributed by atoms with van der Waals surface area (Å²) in [5, 5.41) is 4.87. The minimum absolute atomic E-state index is 0.0784. The van der Waals surface area contributed by atoms with Gasteiger partial charge in [-0.25, -0.2) is 4.99 Å². The van der Waals surface area contributed by atoms with E-state index in [-0.39, 0.29) is 6.04 Å². The Bertz CT molecular complexity index is 2310. The molecule has 0 spiro atoms. The lowest BCUT2D eigenvalue weighted by Crippen LogP contribution is -2.23. The van der Waals surface area contributed by atoms with Crippen LogP contribution in [0.5, 0.6) is 0 Å². The highest BCUT2D eigenvalue weighted by Gasteiger charge is 2.23. The predicted molar refractivity (Wildman–Crippen MR) is 202 cm³/mol. The second-order valence-electron chi connectivity index (χ2n) is 12.4. The summed E-state index contributed by atoms with van der Waals surface area (Å²) in [5.74, 6) is 0.740. The van der Waals surface area contributed by atoms with E-state index in [2.05, 4.69) is 103 Å². The largest absolute Gasteiger partial charge is 0.337 e. The summed E-state index contributed by atoms with van der Waals surface area (Å²) in [5.41, 5.74) is 21.4. The Hall–Kier alpha value is -5.72. The van der Waals surface area contributed by atoms with Crippen LogP contribution >= 0.6 is 0 Å². The van der Waals surface area contributed by atoms with Crippen LogP contribution in [0, 0.1) is 0 Å². The summed E-state index contributed by atoms with van der Waals surface area (Å²) >= 11 is 0. The van der Waals surface area contributed by atoms with Crippen molar-refractivity contribution in [1.82, 2.24) is 0 Å². The van der Waals surface area contributed by atoms with E-state index in [0.717, 1.165) is 50.5 Å². The van der Waals surface area contributed by atoms with E-state index < -0.39 is 12.5 Å². The number of ether oxygens (including phenoxy) is 1. The van der Waals surface area contributed by atoms with Crippen molar-refractivity contribution >= 4 is 33.1 Å².